The van der Waals surface area contributed by atoms with Gasteiger partial charge in [-0.25, -0.2) is 4.79 Å². The summed E-state index contributed by atoms with van der Waals surface area (Å²) in [5.41, 5.74) is 4.96. The zero-order valence-electron chi connectivity index (χ0n) is 18.5. The van der Waals surface area contributed by atoms with Gasteiger partial charge in [0, 0.05) is 6.54 Å². The van der Waals surface area contributed by atoms with Crippen molar-refractivity contribution in [3.05, 3.63) is 71.2 Å². The number of nitrogen functional groups attached to an aromatic ring is 1. The topological polar surface area (TPSA) is 94.8 Å². The van der Waals surface area contributed by atoms with Gasteiger partial charge in [0.1, 0.15) is 6.61 Å². The van der Waals surface area contributed by atoms with E-state index in [1.165, 1.54) is 0 Å². The van der Waals surface area contributed by atoms with Crippen LogP contribution in [-0.2, 0) is 20.7 Å². The number of rotatable bonds is 7. The van der Waals surface area contributed by atoms with E-state index in [1.54, 1.807) is 0 Å². The lowest BCUT2D eigenvalue weighted by Crippen LogP contribution is -2.41. The molecule has 0 spiro atoms. The van der Waals surface area contributed by atoms with Crippen LogP contribution in [0.2, 0.25) is 0 Å². The van der Waals surface area contributed by atoms with Gasteiger partial charge in [-0.1, -0.05) is 54.6 Å². The van der Waals surface area contributed by atoms with Crippen molar-refractivity contribution in [3.63, 3.8) is 0 Å². The van der Waals surface area contributed by atoms with E-state index in [4.69, 9.17) is 19.9 Å². The van der Waals surface area contributed by atoms with E-state index in [2.05, 4.69) is 10.7 Å². The van der Waals surface area contributed by atoms with Crippen molar-refractivity contribution in [1.29, 1.82) is 0 Å². The first-order chi connectivity index (χ1) is 14.7. The van der Waals surface area contributed by atoms with Crippen molar-refractivity contribution >= 4 is 25.0 Å². The Bertz CT molecular complexity index is 915. The molecule has 8 heteroatoms. The van der Waals surface area contributed by atoms with Crippen LogP contribution in [0.1, 0.15) is 38.8 Å². The maximum Gasteiger partial charge on any atom is 0.492 e. The molecule has 0 aliphatic carbocycles. The molecule has 0 atom stereocenters. The Kier molecular flexibility index (Phi) is 7.05. The number of nitrogens with one attached hydrogen (secondary N) is 2. The zero-order valence-corrected chi connectivity index (χ0v) is 18.5. The SMILES string of the molecule is CC1(C)OB(C(=Cc2ccccc2NN)CNC(=O)OCc2ccccc2)OC1(C)C. The van der Waals surface area contributed by atoms with Crippen molar-refractivity contribution in [3.8, 4) is 0 Å². The van der Waals surface area contributed by atoms with Crippen LogP contribution in [-0.4, -0.2) is 31.0 Å². The fraction of sp³-hybridized carbons (Fsp3) is 0.348. The second kappa shape index (κ2) is 9.55. The van der Waals surface area contributed by atoms with Gasteiger partial charge < -0.3 is 24.8 Å². The molecular formula is C23H30BN3O4. The standard InChI is InChI=1S/C23H30BN3O4/c1-22(2)23(3,4)31-24(30-22)19(14-18-12-8-9-13-20(18)27-25)15-26-21(28)29-16-17-10-6-5-7-11-17/h5-14,27H,15-16,25H2,1-4H3,(H,26,28). The highest BCUT2D eigenvalue weighted by atomic mass is 16.7. The Labute approximate surface area is 184 Å². The molecule has 2 aromatic rings. The fourth-order valence-electron chi connectivity index (χ4n) is 3.10. The summed E-state index contributed by atoms with van der Waals surface area (Å²) in [7, 11) is -0.620. The van der Waals surface area contributed by atoms with Crippen LogP contribution in [0.4, 0.5) is 10.5 Å². The molecule has 31 heavy (non-hydrogen) atoms. The number of benzene rings is 2. The highest BCUT2D eigenvalue weighted by Crippen LogP contribution is 2.39. The van der Waals surface area contributed by atoms with Gasteiger partial charge in [0.15, 0.2) is 0 Å². The Hall–Kier alpha value is -2.81. The average molecular weight is 423 g/mol. The minimum absolute atomic E-state index is 0.197. The molecule has 7 nitrogen and oxygen atoms in total. The number of hydrazine groups is 1. The minimum Gasteiger partial charge on any atom is -0.445 e. The predicted molar refractivity (Wildman–Crippen MR) is 123 cm³/mol. The van der Waals surface area contributed by atoms with Gasteiger partial charge in [-0.2, -0.15) is 0 Å². The van der Waals surface area contributed by atoms with Crippen molar-refractivity contribution in [1.82, 2.24) is 5.32 Å². The number of amides is 1. The monoisotopic (exact) mass is 423 g/mol. The largest absolute Gasteiger partial charge is 0.492 e. The zero-order chi connectivity index (χ0) is 22.5. The van der Waals surface area contributed by atoms with E-state index < -0.39 is 24.4 Å². The highest BCUT2D eigenvalue weighted by Gasteiger charge is 2.52. The Morgan fingerprint density at radius 1 is 1.03 bits per heavy atom. The van der Waals surface area contributed by atoms with Crippen LogP contribution in [0.15, 0.2) is 60.1 Å². The third kappa shape index (κ3) is 5.67. The summed E-state index contributed by atoms with van der Waals surface area (Å²) in [5, 5.41) is 2.80. The van der Waals surface area contributed by atoms with Crippen LogP contribution in [0.5, 0.6) is 0 Å². The quantitative estimate of drug-likeness (QED) is 0.355. The van der Waals surface area contributed by atoms with Crippen LogP contribution < -0.4 is 16.6 Å². The lowest BCUT2D eigenvalue weighted by molar-refractivity contribution is 0.00578. The van der Waals surface area contributed by atoms with Crippen molar-refractivity contribution in [2.24, 2.45) is 5.84 Å². The summed E-state index contributed by atoms with van der Waals surface area (Å²) in [6, 6.07) is 17.1. The number of alkyl carbamates (subject to hydrolysis) is 1. The molecule has 1 aliphatic rings. The molecule has 2 aromatic carbocycles. The first-order valence-corrected chi connectivity index (χ1v) is 10.3. The number of para-hydroxylation sites is 1. The lowest BCUT2D eigenvalue weighted by atomic mass is 9.77. The normalized spacial score (nSPS) is 17.3. The molecule has 1 fully saturated rings. The highest BCUT2D eigenvalue weighted by molar-refractivity contribution is 6.56. The average Bonchev–Trinajstić information content (AvgIpc) is 2.97. The van der Waals surface area contributed by atoms with Crippen LogP contribution >= 0.6 is 0 Å². The van der Waals surface area contributed by atoms with Gasteiger partial charge >= 0.3 is 13.2 Å². The van der Waals surface area contributed by atoms with E-state index in [-0.39, 0.29) is 13.2 Å². The van der Waals surface area contributed by atoms with Gasteiger partial charge in [0.2, 0.25) is 0 Å². The molecule has 164 valence electrons. The molecule has 4 N–H and O–H groups in total. The molecule has 1 saturated heterocycles. The number of anilines is 1. The third-order valence-electron chi connectivity index (χ3n) is 5.66. The maximum atomic E-state index is 12.3. The van der Waals surface area contributed by atoms with Crippen molar-refractivity contribution < 1.29 is 18.8 Å². The smallest absolute Gasteiger partial charge is 0.445 e. The molecular weight excluding hydrogens is 393 g/mol. The fourth-order valence-corrected chi connectivity index (χ4v) is 3.10. The van der Waals surface area contributed by atoms with E-state index in [1.807, 2.05) is 88.4 Å². The molecule has 0 saturated carbocycles. The molecule has 0 aromatic heterocycles. The summed E-state index contributed by atoms with van der Waals surface area (Å²) < 4.78 is 17.7. The molecule has 1 aliphatic heterocycles. The van der Waals surface area contributed by atoms with E-state index in [9.17, 15) is 4.79 Å². The minimum atomic E-state index is -0.620. The van der Waals surface area contributed by atoms with Crippen molar-refractivity contribution in [2.75, 3.05) is 12.0 Å². The Morgan fingerprint density at radius 2 is 1.65 bits per heavy atom. The second-order valence-electron chi connectivity index (χ2n) is 8.45. The number of ether oxygens (including phenoxy) is 1. The summed E-state index contributed by atoms with van der Waals surface area (Å²) in [6.07, 6.45) is 1.39. The number of carbonyl (C=O) groups excluding carboxylic acids is 1. The molecule has 0 radical (unpaired) electrons. The van der Waals surface area contributed by atoms with Crippen LogP contribution in [0.25, 0.3) is 6.08 Å². The maximum absolute atomic E-state index is 12.3. The Balaban J connectivity index is 1.75. The van der Waals surface area contributed by atoms with Gasteiger partial charge in [0.25, 0.3) is 0 Å². The molecule has 3 rings (SSSR count). The first kappa shape index (κ1) is 22.9. The van der Waals surface area contributed by atoms with Crippen LogP contribution in [0, 0.1) is 0 Å². The summed E-state index contributed by atoms with van der Waals surface area (Å²) in [5.74, 6) is 5.65. The van der Waals surface area contributed by atoms with Gasteiger partial charge in [-0.05, 0) is 50.4 Å². The van der Waals surface area contributed by atoms with E-state index in [0.717, 1.165) is 22.3 Å². The van der Waals surface area contributed by atoms with Gasteiger partial charge in [0.05, 0.1) is 16.9 Å². The summed E-state index contributed by atoms with van der Waals surface area (Å²) in [6.45, 7) is 8.34. The Morgan fingerprint density at radius 3 is 2.29 bits per heavy atom. The molecule has 0 bridgehead atoms. The van der Waals surface area contributed by atoms with Gasteiger partial charge in [-0.15, -0.1) is 0 Å². The first-order valence-electron chi connectivity index (χ1n) is 10.3. The second-order valence-corrected chi connectivity index (χ2v) is 8.45. The molecule has 0 unspecified atom stereocenters. The van der Waals surface area contributed by atoms with E-state index in [0.29, 0.717) is 0 Å². The summed E-state index contributed by atoms with van der Waals surface area (Å²) in [4.78, 5) is 12.3. The molecule has 1 amide bonds. The van der Waals surface area contributed by atoms with E-state index >= 15 is 0 Å². The lowest BCUT2D eigenvalue weighted by Gasteiger charge is -2.32. The van der Waals surface area contributed by atoms with Crippen LogP contribution in [0.3, 0.4) is 0 Å². The third-order valence-corrected chi connectivity index (χ3v) is 5.66. The summed E-state index contributed by atoms with van der Waals surface area (Å²) >= 11 is 0. The number of carbonyl (C=O) groups is 1. The number of hydrogen-bond acceptors (Lipinski definition) is 6. The van der Waals surface area contributed by atoms with Gasteiger partial charge in [-0.3, -0.25) is 5.84 Å². The molecule has 1 heterocycles. The number of nitrogens with two attached hydrogens (primary N) is 1. The number of hydrogen-bond donors (Lipinski definition) is 3. The van der Waals surface area contributed by atoms with Crippen molar-refractivity contribution in [2.45, 2.75) is 45.5 Å². The predicted octanol–water partition coefficient (Wildman–Crippen LogP) is 3.91.